The first kappa shape index (κ1) is 20.0. The van der Waals surface area contributed by atoms with Crippen molar-refractivity contribution >= 4 is 28.6 Å². The number of aromatic nitrogens is 1. The number of oxazole rings is 1. The summed E-state index contributed by atoms with van der Waals surface area (Å²) in [7, 11) is 1.39. The lowest BCUT2D eigenvalue weighted by molar-refractivity contribution is -0.119. The number of hydrogen-bond donors (Lipinski definition) is 1. The van der Waals surface area contributed by atoms with Crippen LogP contribution in [0.3, 0.4) is 0 Å². The molecule has 156 valence electrons. The number of piperidine rings is 1. The van der Waals surface area contributed by atoms with Gasteiger partial charge in [-0.1, -0.05) is 12.1 Å². The van der Waals surface area contributed by atoms with Gasteiger partial charge < -0.3 is 19.4 Å². The summed E-state index contributed by atoms with van der Waals surface area (Å²) in [6.07, 6.45) is 1.65. The Bertz CT molecular complexity index is 1050. The van der Waals surface area contributed by atoms with Crippen LogP contribution in [-0.4, -0.2) is 48.5 Å². The summed E-state index contributed by atoms with van der Waals surface area (Å²) in [6, 6.07) is 11.4. The number of nitrogens with zero attached hydrogens (tertiary/aromatic N) is 2. The maximum Gasteiger partial charge on any atom is 0.254 e. The van der Waals surface area contributed by atoms with Crippen LogP contribution >= 0.6 is 0 Å². The van der Waals surface area contributed by atoms with Gasteiger partial charge >= 0.3 is 0 Å². The summed E-state index contributed by atoms with van der Waals surface area (Å²) in [5.41, 5.74) is 1.91. The van der Waals surface area contributed by atoms with Gasteiger partial charge in [0, 0.05) is 31.5 Å². The SMILES string of the molecule is COCC(=O)Nc1cc(F)cc(C(=O)N2CCCC(c3nc4ccccc4o3)C2)c1. The van der Waals surface area contributed by atoms with Crippen molar-refractivity contribution < 1.29 is 23.1 Å². The number of nitrogens with one attached hydrogen (secondary N) is 1. The number of fused-ring (bicyclic) bond motifs is 1. The molecule has 2 aromatic carbocycles. The maximum atomic E-state index is 14.1. The molecule has 30 heavy (non-hydrogen) atoms. The zero-order chi connectivity index (χ0) is 21.1. The smallest absolute Gasteiger partial charge is 0.254 e. The topological polar surface area (TPSA) is 84.7 Å². The van der Waals surface area contributed by atoms with E-state index in [1.165, 1.54) is 25.3 Å². The van der Waals surface area contributed by atoms with Crippen molar-refractivity contribution in [2.75, 3.05) is 32.1 Å². The van der Waals surface area contributed by atoms with Crippen LogP contribution in [0.1, 0.15) is 35.0 Å². The molecule has 1 atom stereocenters. The van der Waals surface area contributed by atoms with Crippen LogP contribution in [0.25, 0.3) is 11.1 Å². The minimum Gasteiger partial charge on any atom is -0.440 e. The standard InChI is InChI=1S/C22H22FN3O4/c1-29-13-20(27)24-17-10-15(9-16(23)11-17)22(28)26-8-4-5-14(12-26)21-25-18-6-2-3-7-19(18)30-21/h2-3,6-7,9-11,14H,4-5,8,12-13H2,1H3,(H,24,27). The molecule has 8 heteroatoms. The number of likely N-dealkylation sites (tertiary alicyclic amines) is 1. The third-order valence-corrected chi connectivity index (χ3v) is 5.07. The molecule has 1 unspecified atom stereocenters. The van der Waals surface area contributed by atoms with Gasteiger partial charge in [0.1, 0.15) is 17.9 Å². The Balaban J connectivity index is 1.51. The predicted octanol–water partition coefficient (Wildman–Crippen LogP) is 3.57. The van der Waals surface area contributed by atoms with Crippen LogP contribution in [0.2, 0.25) is 0 Å². The molecule has 0 spiro atoms. The minimum absolute atomic E-state index is 0.0236. The number of para-hydroxylation sites is 2. The number of methoxy groups -OCH3 is 1. The highest BCUT2D eigenvalue weighted by molar-refractivity contribution is 5.97. The van der Waals surface area contributed by atoms with E-state index < -0.39 is 11.7 Å². The van der Waals surface area contributed by atoms with Crippen molar-refractivity contribution in [2.45, 2.75) is 18.8 Å². The van der Waals surface area contributed by atoms with Gasteiger partial charge in [0.25, 0.3) is 5.91 Å². The molecule has 4 rings (SSSR count). The average Bonchev–Trinajstić information content (AvgIpc) is 3.17. The third-order valence-electron chi connectivity index (χ3n) is 5.07. The molecule has 0 saturated carbocycles. The van der Waals surface area contributed by atoms with Crippen molar-refractivity contribution in [1.29, 1.82) is 0 Å². The summed E-state index contributed by atoms with van der Waals surface area (Å²) in [5.74, 6) is -0.723. The molecule has 2 heterocycles. The van der Waals surface area contributed by atoms with E-state index in [2.05, 4.69) is 10.3 Å². The fourth-order valence-electron chi connectivity index (χ4n) is 3.72. The molecule has 0 radical (unpaired) electrons. The number of carbonyl (C=O) groups excluding carboxylic acids is 2. The normalized spacial score (nSPS) is 16.6. The molecule has 1 saturated heterocycles. The minimum atomic E-state index is -0.596. The zero-order valence-electron chi connectivity index (χ0n) is 16.6. The Morgan fingerprint density at radius 2 is 2.13 bits per heavy atom. The van der Waals surface area contributed by atoms with Gasteiger partial charge in [0.15, 0.2) is 11.5 Å². The fraction of sp³-hybridized carbons (Fsp3) is 0.318. The number of benzene rings is 2. The highest BCUT2D eigenvalue weighted by atomic mass is 19.1. The van der Waals surface area contributed by atoms with E-state index in [-0.39, 0.29) is 29.7 Å². The number of carbonyl (C=O) groups is 2. The van der Waals surface area contributed by atoms with Crippen molar-refractivity contribution in [2.24, 2.45) is 0 Å². The number of ether oxygens (including phenoxy) is 1. The first-order valence-corrected chi connectivity index (χ1v) is 9.77. The number of anilines is 1. The number of rotatable bonds is 5. The summed E-state index contributed by atoms with van der Waals surface area (Å²) < 4.78 is 24.7. The van der Waals surface area contributed by atoms with Gasteiger partial charge in [-0.15, -0.1) is 0 Å². The zero-order valence-corrected chi connectivity index (χ0v) is 16.6. The lowest BCUT2D eigenvalue weighted by Crippen LogP contribution is -2.39. The Labute approximate surface area is 172 Å². The molecule has 1 aromatic heterocycles. The molecular formula is C22H22FN3O4. The van der Waals surface area contributed by atoms with E-state index in [0.29, 0.717) is 19.0 Å². The second kappa shape index (κ2) is 8.62. The average molecular weight is 411 g/mol. The van der Waals surface area contributed by atoms with E-state index in [1.807, 2.05) is 24.3 Å². The van der Waals surface area contributed by atoms with Gasteiger partial charge in [0.05, 0.1) is 5.92 Å². The fourth-order valence-corrected chi connectivity index (χ4v) is 3.72. The van der Waals surface area contributed by atoms with Gasteiger partial charge in [-0.05, 0) is 43.2 Å². The lowest BCUT2D eigenvalue weighted by Gasteiger charge is -2.31. The first-order valence-electron chi connectivity index (χ1n) is 9.77. The van der Waals surface area contributed by atoms with Crippen LogP contribution < -0.4 is 5.32 Å². The van der Waals surface area contributed by atoms with Crippen molar-refractivity contribution in [1.82, 2.24) is 9.88 Å². The summed E-state index contributed by atoms with van der Waals surface area (Å²) in [5, 5.41) is 2.53. The van der Waals surface area contributed by atoms with Crippen LogP contribution in [0, 0.1) is 5.82 Å². The summed E-state index contributed by atoms with van der Waals surface area (Å²) in [6.45, 7) is 0.850. The Kier molecular flexibility index (Phi) is 5.76. The molecule has 3 aromatic rings. The molecule has 0 aliphatic carbocycles. The van der Waals surface area contributed by atoms with Gasteiger partial charge in [-0.2, -0.15) is 0 Å². The Morgan fingerprint density at radius 3 is 2.93 bits per heavy atom. The Hall–Kier alpha value is -3.26. The predicted molar refractivity (Wildman–Crippen MR) is 109 cm³/mol. The Morgan fingerprint density at radius 1 is 1.30 bits per heavy atom. The van der Waals surface area contributed by atoms with Gasteiger partial charge in [0.2, 0.25) is 5.91 Å². The molecular weight excluding hydrogens is 389 g/mol. The highest BCUT2D eigenvalue weighted by Gasteiger charge is 2.29. The monoisotopic (exact) mass is 411 g/mol. The second-order valence-corrected chi connectivity index (χ2v) is 7.32. The molecule has 0 bridgehead atoms. The van der Waals surface area contributed by atoms with E-state index in [1.54, 1.807) is 4.90 Å². The second-order valence-electron chi connectivity index (χ2n) is 7.32. The van der Waals surface area contributed by atoms with Crippen molar-refractivity contribution in [3.05, 3.63) is 59.7 Å². The largest absolute Gasteiger partial charge is 0.440 e. The number of amides is 2. The summed E-state index contributed by atoms with van der Waals surface area (Å²) in [4.78, 5) is 31.0. The molecule has 1 fully saturated rings. The quantitative estimate of drug-likeness (QED) is 0.694. The van der Waals surface area contributed by atoms with Crippen LogP contribution in [0.15, 0.2) is 46.9 Å². The number of hydrogen-bond acceptors (Lipinski definition) is 5. The van der Waals surface area contributed by atoms with E-state index in [0.717, 1.165) is 23.9 Å². The maximum absolute atomic E-state index is 14.1. The first-order chi connectivity index (χ1) is 14.5. The lowest BCUT2D eigenvalue weighted by atomic mass is 9.97. The van der Waals surface area contributed by atoms with Crippen molar-refractivity contribution in [3.63, 3.8) is 0 Å². The van der Waals surface area contributed by atoms with E-state index >= 15 is 0 Å². The van der Waals surface area contributed by atoms with E-state index in [4.69, 9.17) is 9.15 Å². The van der Waals surface area contributed by atoms with Crippen LogP contribution in [0.4, 0.5) is 10.1 Å². The van der Waals surface area contributed by atoms with E-state index in [9.17, 15) is 14.0 Å². The highest BCUT2D eigenvalue weighted by Crippen LogP contribution is 2.30. The molecule has 1 N–H and O–H groups in total. The molecule has 1 aliphatic heterocycles. The third kappa shape index (κ3) is 4.33. The molecule has 1 aliphatic rings. The van der Waals surface area contributed by atoms with Crippen LogP contribution in [-0.2, 0) is 9.53 Å². The molecule has 2 amide bonds. The van der Waals surface area contributed by atoms with Crippen molar-refractivity contribution in [3.8, 4) is 0 Å². The van der Waals surface area contributed by atoms with Crippen LogP contribution in [0.5, 0.6) is 0 Å². The number of halogens is 1. The summed E-state index contributed by atoms with van der Waals surface area (Å²) >= 11 is 0. The van der Waals surface area contributed by atoms with Gasteiger partial charge in [-0.25, -0.2) is 9.37 Å². The van der Waals surface area contributed by atoms with Gasteiger partial charge in [-0.3, -0.25) is 9.59 Å². The molecule has 7 nitrogen and oxygen atoms in total.